The van der Waals surface area contributed by atoms with Crippen molar-refractivity contribution < 1.29 is 4.79 Å². The molecule has 0 aliphatic rings. The van der Waals surface area contributed by atoms with Crippen molar-refractivity contribution in [3.63, 3.8) is 0 Å². The summed E-state index contributed by atoms with van der Waals surface area (Å²) in [5.74, 6) is -0.0411. The number of carbonyl (C=O) groups is 1. The third kappa shape index (κ3) is 3.68. The summed E-state index contributed by atoms with van der Waals surface area (Å²) in [5, 5.41) is 5.24. The maximum absolute atomic E-state index is 13.3. The highest BCUT2D eigenvalue weighted by Gasteiger charge is 2.21. The highest BCUT2D eigenvalue weighted by molar-refractivity contribution is 7.22. The second-order valence-electron chi connectivity index (χ2n) is 6.94. The largest absolute Gasteiger partial charge is 0.282 e. The van der Waals surface area contributed by atoms with E-state index in [0.717, 1.165) is 27.2 Å². The van der Waals surface area contributed by atoms with E-state index in [2.05, 4.69) is 5.10 Å². The van der Waals surface area contributed by atoms with Crippen LogP contribution < -0.4 is 4.90 Å². The molecule has 1 amide bonds. The molecule has 0 bridgehead atoms. The van der Waals surface area contributed by atoms with Gasteiger partial charge in [0, 0.05) is 17.8 Å². The second kappa shape index (κ2) is 7.56. The van der Waals surface area contributed by atoms with Gasteiger partial charge in [0.25, 0.3) is 5.91 Å². The summed E-state index contributed by atoms with van der Waals surface area (Å²) < 4.78 is 3.02. The molecule has 0 radical (unpaired) electrons. The number of benzene rings is 2. The number of amides is 1. The van der Waals surface area contributed by atoms with E-state index < -0.39 is 0 Å². The lowest BCUT2D eigenvalue weighted by molar-refractivity contribution is 0.0985. The van der Waals surface area contributed by atoms with Crippen molar-refractivity contribution in [2.75, 3.05) is 11.4 Å². The molecule has 2 aromatic heterocycles. The lowest BCUT2D eigenvalue weighted by atomic mass is 10.1. The summed E-state index contributed by atoms with van der Waals surface area (Å²) in [6.07, 6.45) is 0. The summed E-state index contributed by atoms with van der Waals surface area (Å²) in [5.41, 5.74) is 4.78. The number of aryl methyl sites for hydroxylation is 3. The number of fused-ring (bicyclic) bond motifs is 1. The van der Waals surface area contributed by atoms with E-state index in [1.807, 2.05) is 80.1 Å². The number of para-hydroxylation sites is 1. The SMILES string of the molecule is Cc1ccc(C(=O)N(CCn2nc(C)cc2C)c2nc3ccccc3s2)cc1. The molecule has 4 aromatic rings. The fraction of sp³-hybridized carbons (Fsp3) is 0.227. The third-order valence-corrected chi connectivity index (χ3v) is 5.76. The quantitative estimate of drug-likeness (QED) is 0.493. The molecule has 0 saturated carbocycles. The van der Waals surface area contributed by atoms with Crippen LogP contribution in [-0.2, 0) is 6.54 Å². The minimum Gasteiger partial charge on any atom is -0.282 e. The number of hydrogen-bond acceptors (Lipinski definition) is 4. The fourth-order valence-corrected chi connectivity index (χ4v) is 4.20. The van der Waals surface area contributed by atoms with Crippen LogP contribution >= 0.6 is 11.3 Å². The summed E-state index contributed by atoms with van der Waals surface area (Å²) in [6, 6.07) is 17.7. The van der Waals surface area contributed by atoms with Gasteiger partial charge < -0.3 is 0 Å². The van der Waals surface area contributed by atoms with Crippen LogP contribution in [0.25, 0.3) is 10.2 Å². The number of thiazole rings is 1. The normalized spacial score (nSPS) is 11.1. The van der Waals surface area contributed by atoms with E-state index in [-0.39, 0.29) is 5.91 Å². The van der Waals surface area contributed by atoms with Crippen LogP contribution in [0.4, 0.5) is 5.13 Å². The molecule has 0 unspecified atom stereocenters. The van der Waals surface area contributed by atoms with E-state index >= 15 is 0 Å². The molecule has 5 nitrogen and oxygen atoms in total. The molecule has 0 saturated heterocycles. The monoisotopic (exact) mass is 390 g/mol. The predicted molar refractivity (Wildman–Crippen MR) is 114 cm³/mol. The van der Waals surface area contributed by atoms with Crippen LogP contribution in [0.15, 0.2) is 54.6 Å². The van der Waals surface area contributed by atoms with Crippen molar-refractivity contribution in [1.82, 2.24) is 14.8 Å². The molecule has 4 rings (SSSR count). The first kappa shape index (κ1) is 18.4. The molecular formula is C22H22N4OS. The molecule has 0 N–H and O–H groups in total. The van der Waals surface area contributed by atoms with Crippen LogP contribution in [0.2, 0.25) is 0 Å². The molecule has 6 heteroatoms. The van der Waals surface area contributed by atoms with Crippen LogP contribution in [-0.4, -0.2) is 27.2 Å². The zero-order valence-corrected chi connectivity index (χ0v) is 17.0. The maximum Gasteiger partial charge on any atom is 0.260 e. The van der Waals surface area contributed by atoms with Crippen LogP contribution in [0.3, 0.4) is 0 Å². The third-order valence-electron chi connectivity index (χ3n) is 4.70. The first-order chi connectivity index (χ1) is 13.5. The smallest absolute Gasteiger partial charge is 0.260 e. The van der Waals surface area contributed by atoms with Crippen molar-refractivity contribution in [3.8, 4) is 0 Å². The van der Waals surface area contributed by atoms with E-state index in [9.17, 15) is 4.79 Å². The second-order valence-corrected chi connectivity index (χ2v) is 7.95. The number of carbonyl (C=O) groups excluding carboxylic acids is 1. The van der Waals surface area contributed by atoms with Gasteiger partial charge in [-0.2, -0.15) is 5.10 Å². The number of anilines is 1. The Labute approximate surface area is 168 Å². The minimum atomic E-state index is -0.0411. The molecule has 0 atom stereocenters. The Morgan fingerprint density at radius 2 is 1.82 bits per heavy atom. The molecular weight excluding hydrogens is 368 g/mol. The van der Waals surface area contributed by atoms with Gasteiger partial charge in [0.1, 0.15) is 0 Å². The topological polar surface area (TPSA) is 51.0 Å². The van der Waals surface area contributed by atoms with Crippen LogP contribution in [0.1, 0.15) is 27.3 Å². The van der Waals surface area contributed by atoms with Gasteiger partial charge in [-0.15, -0.1) is 0 Å². The van der Waals surface area contributed by atoms with E-state index in [1.54, 1.807) is 16.2 Å². The van der Waals surface area contributed by atoms with E-state index in [4.69, 9.17) is 4.98 Å². The average Bonchev–Trinajstić information content (AvgIpc) is 3.24. The van der Waals surface area contributed by atoms with Gasteiger partial charge in [-0.05, 0) is 51.1 Å². The van der Waals surface area contributed by atoms with Crippen molar-refractivity contribution in [3.05, 3.63) is 77.1 Å². The molecule has 28 heavy (non-hydrogen) atoms. The van der Waals surface area contributed by atoms with E-state index in [1.165, 1.54) is 0 Å². The zero-order valence-electron chi connectivity index (χ0n) is 16.2. The standard InChI is InChI=1S/C22H22N4OS/c1-15-8-10-18(11-9-15)21(27)25(12-13-26-17(3)14-16(2)24-26)22-23-19-6-4-5-7-20(19)28-22/h4-11,14H,12-13H2,1-3H3. The fourth-order valence-electron chi connectivity index (χ4n) is 3.21. The Kier molecular flexibility index (Phi) is 4.96. The van der Waals surface area contributed by atoms with Crippen molar-refractivity contribution in [2.45, 2.75) is 27.3 Å². The van der Waals surface area contributed by atoms with Crippen LogP contribution in [0.5, 0.6) is 0 Å². The molecule has 0 fully saturated rings. The molecule has 2 aromatic carbocycles. The van der Waals surface area contributed by atoms with Gasteiger partial charge in [-0.1, -0.05) is 41.2 Å². The van der Waals surface area contributed by atoms with Gasteiger partial charge in [0.2, 0.25) is 0 Å². The Morgan fingerprint density at radius 3 is 2.50 bits per heavy atom. The predicted octanol–water partition coefficient (Wildman–Crippen LogP) is 4.77. The highest BCUT2D eigenvalue weighted by atomic mass is 32.1. The van der Waals surface area contributed by atoms with Gasteiger partial charge >= 0.3 is 0 Å². The Morgan fingerprint density at radius 1 is 1.07 bits per heavy atom. The van der Waals surface area contributed by atoms with E-state index in [0.29, 0.717) is 23.8 Å². The van der Waals surface area contributed by atoms with Gasteiger partial charge in [0.15, 0.2) is 5.13 Å². The summed E-state index contributed by atoms with van der Waals surface area (Å²) in [6.45, 7) is 7.15. The van der Waals surface area contributed by atoms with Crippen molar-refractivity contribution in [1.29, 1.82) is 0 Å². The van der Waals surface area contributed by atoms with Crippen molar-refractivity contribution in [2.24, 2.45) is 0 Å². The zero-order chi connectivity index (χ0) is 19.7. The molecule has 0 spiro atoms. The first-order valence-electron chi connectivity index (χ1n) is 9.26. The molecule has 0 aliphatic carbocycles. The molecule has 142 valence electrons. The number of rotatable bonds is 5. The Balaban J connectivity index is 1.68. The average molecular weight is 391 g/mol. The molecule has 0 aliphatic heterocycles. The Bertz CT molecular complexity index is 1090. The van der Waals surface area contributed by atoms with Gasteiger partial charge in [-0.25, -0.2) is 4.98 Å². The maximum atomic E-state index is 13.3. The number of nitrogens with zero attached hydrogens (tertiary/aromatic N) is 4. The summed E-state index contributed by atoms with van der Waals surface area (Å²) in [7, 11) is 0. The first-order valence-corrected chi connectivity index (χ1v) is 10.1. The minimum absolute atomic E-state index is 0.0411. The van der Waals surface area contributed by atoms with Crippen LogP contribution in [0, 0.1) is 20.8 Å². The lowest BCUT2D eigenvalue weighted by Crippen LogP contribution is -2.34. The lowest BCUT2D eigenvalue weighted by Gasteiger charge is -2.20. The Hall–Kier alpha value is -2.99. The highest BCUT2D eigenvalue weighted by Crippen LogP contribution is 2.29. The summed E-state index contributed by atoms with van der Waals surface area (Å²) in [4.78, 5) is 19.8. The van der Waals surface area contributed by atoms with Gasteiger partial charge in [-0.3, -0.25) is 14.4 Å². The van der Waals surface area contributed by atoms with Crippen molar-refractivity contribution >= 4 is 32.6 Å². The van der Waals surface area contributed by atoms with Gasteiger partial charge in [0.05, 0.1) is 22.5 Å². The number of hydrogen-bond donors (Lipinski definition) is 0. The number of aromatic nitrogens is 3. The molecule has 2 heterocycles. The summed E-state index contributed by atoms with van der Waals surface area (Å²) >= 11 is 1.54.